The average molecular weight is 651 g/mol. The third-order valence-corrected chi connectivity index (χ3v) is 8.27. The zero-order chi connectivity index (χ0) is 34.9. The van der Waals surface area contributed by atoms with Crippen LogP contribution in [0.25, 0.3) is 21.8 Å². The minimum Gasteiger partial charge on any atom is -0.508 e. The number of nitrogens with zero attached hydrogens (tertiary/aromatic N) is 2. The molecule has 4 aromatic carbocycles. The summed E-state index contributed by atoms with van der Waals surface area (Å²) in [6, 6.07) is 23.5. The van der Waals surface area contributed by atoms with E-state index in [1.807, 2.05) is 55.0 Å². The van der Waals surface area contributed by atoms with E-state index in [9.17, 15) is 40.2 Å². The molecule has 0 saturated carbocycles. The Morgan fingerprint density at radius 3 is 1.52 bits per heavy atom. The van der Waals surface area contributed by atoms with E-state index in [4.69, 9.17) is 0 Å². The lowest BCUT2D eigenvalue weighted by Crippen LogP contribution is -2.09. The number of benzene rings is 4. The number of aromatic carboxylic acids is 2. The van der Waals surface area contributed by atoms with Crippen molar-refractivity contribution in [1.82, 2.24) is 9.13 Å². The fourth-order valence-corrected chi connectivity index (χ4v) is 6.32. The topological polar surface area (TPSA) is 165 Å². The van der Waals surface area contributed by atoms with Crippen LogP contribution < -0.4 is 0 Å². The molecule has 10 heteroatoms. The first-order chi connectivity index (χ1) is 22.8. The fourth-order valence-electron chi connectivity index (χ4n) is 6.32. The molecule has 2 aromatic heterocycles. The van der Waals surface area contributed by atoms with Gasteiger partial charge in [0.2, 0.25) is 0 Å². The van der Waals surface area contributed by atoms with E-state index in [2.05, 4.69) is 0 Å². The van der Waals surface area contributed by atoms with E-state index >= 15 is 0 Å². The zero-order valence-corrected chi connectivity index (χ0v) is 27.0. The third kappa shape index (κ3) is 6.50. The zero-order valence-electron chi connectivity index (χ0n) is 27.0. The lowest BCUT2D eigenvalue weighted by Gasteiger charge is -2.14. The molecule has 0 aliphatic heterocycles. The van der Waals surface area contributed by atoms with Crippen LogP contribution in [0.3, 0.4) is 0 Å². The molecule has 0 aliphatic rings. The van der Waals surface area contributed by atoms with Gasteiger partial charge in [-0.05, 0) is 77.6 Å². The molecule has 0 amide bonds. The Labute approximate surface area is 277 Å². The van der Waals surface area contributed by atoms with Crippen LogP contribution in [0, 0.1) is 0 Å². The van der Waals surface area contributed by atoms with Crippen molar-refractivity contribution < 1.29 is 40.2 Å². The number of carbonyl (C=O) groups is 2. The second-order valence-corrected chi connectivity index (χ2v) is 12.3. The first-order valence-electron chi connectivity index (χ1n) is 15.5. The van der Waals surface area contributed by atoms with Gasteiger partial charge in [0.15, 0.2) is 0 Å². The molecule has 6 N–H and O–H groups in total. The molecule has 0 saturated heterocycles. The number of carboxylic acid groups (broad SMARTS) is 2. The molecule has 248 valence electrons. The van der Waals surface area contributed by atoms with Crippen LogP contribution >= 0.6 is 0 Å². The Kier molecular flexibility index (Phi) is 9.38. The van der Waals surface area contributed by atoms with Gasteiger partial charge in [0, 0.05) is 35.4 Å². The Hall–Kier alpha value is -5.90. The number of phenolic OH excluding ortho intramolecular Hbond substituents is 4. The van der Waals surface area contributed by atoms with Crippen LogP contribution in [0.4, 0.5) is 0 Å². The summed E-state index contributed by atoms with van der Waals surface area (Å²) in [4.78, 5) is 23.7. The predicted molar refractivity (Wildman–Crippen MR) is 184 cm³/mol. The van der Waals surface area contributed by atoms with E-state index in [1.165, 1.54) is 12.1 Å². The largest absolute Gasteiger partial charge is 0.508 e. The molecule has 6 rings (SSSR count). The van der Waals surface area contributed by atoms with E-state index in [0.29, 0.717) is 35.1 Å². The molecule has 0 bridgehead atoms. The molecule has 0 unspecified atom stereocenters. The molecule has 10 nitrogen and oxygen atoms in total. The number of aromatic hydroxyl groups is 4. The van der Waals surface area contributed by atoms with Gasteiger partial charge in [-0.3, -0.25) is 0 Å². The van der Waals surface area contributed by atoms with Gasteiger partial charge in [-0.15, -0.1) is 0 Å². The Morgan fingerprint density at radius 1 is 0.583 bits per heavy atom. The van der Waals surface area contributed by atoms with Crippen molar-refractivity contribution in [2.24, 2.45) is 0 Å². The van der Waals surface area contributed by atoms with Gasteiger partial charge >= 0.3 is 11.9 Å². The van der Waals surface area contributed by atoms with Gasteiger partial charge in [0.05, 0.1) is 22.0 Å². The molecular formula is C38H38N2O8. The highest BCUT2D eigenvalue weighted by Gasteiger charge is 2.27. The molecule has 0 spiro atoms. The number of carboxylic acids is 2. The van der Waals surface area contributed by atoms with E-state index in [-0.39, 0.29) is 46.0 Å². The van der Waals surface area contributed by atoms with Crippen molar-refractivity contribution in [2.45, 2.75) is 52.6 Å². The van der Waals surface area contributed by atoms with Gasteiger partial charge in [0.25, 0.3) is 0 Å². The Balaban J connectivity index is 0.000000188. The molecule has 0 radical (unpaired) electrons. The summed E-state index contributed by atoms with van der Waals surface area (Å²) in [6.07, 6.45) is 0. The maximum atomic E-state index is 11.8. The van der Waals surface area contributed by atoms with Crippen LogP contribution in [0.15, 0.2) is 84.9 Å². The van der Waals surface area contributed by atoms with Crippen LogP contribution in [0.5, 0.6) is 23.0 Å². The lowest BCUT2D eigenvalue weighted by atomic mass is 10.0. The SMILES string of the molecule is CC(C)c1c(C(=O)O)c2c(O)cccc2n1Cc1ccc(O)cc1.CC(C)c1c(C(=O)O)c2cc(O)ccc2n1Cc1ccc(O)cc1. The van der Waals surface area contributed by atoms with Gasteiger partial charge in [0.1, 0.15) is 23.0 Å². The van der Waals surface area contributed by atoms with Gasteiger partial charge in [-0.25, -0.2) is 9.59 Å². The summed E-state index contributed by atoms with van der Waals surface area (Å²) in [7, 11) is 0. The average Bonchev–Trinajstić information content (AvgIpc) is 3.53. The Bertz CT molecular complexity index is 2120. The molecule has 0 aliphatic carbocycles. The Morgan fingerprint density at radius 2 is 1.04 bits per heavy atom. The summed E-state index contributed by atoms with van der Waals surface area (Å²) in [5.74, 6) is -1.69. The first kappa shape index (κ1) is 33.5. The molecule has 2 heterocycles. The number of rotatable bonds is 8. The highest BCUT2D eigenvalue weighted by atomic mass is 16.4. The van der Waals surface area contributed by atoms with Gasteiger partial charge < -0.3 is 39.8 Å². The lowest BCUT2D eigenvalue weighted by molar-refractivity contribution is 0.0686. The summed E-state index contributed by atoms with van der Waals surface area (Å²) < 4.78 is 3.89. The minimum atomic E-state index is -1.05. The summed E-state index contributed by atoms with van der Waals surface area (Å²) >= 11 is 0. The monoisotopic (exact) mass is 650 g/mol. The maximum absolute atomic E-state index is 11.8. The number of hydrogen-bond acceptors (Lipinski definition) is 6. The van der Waals surface area contributed by atoms with E-state index < -0.39 is 11.9 Å². The first-order valence-corrected chi connectivity index (χ1v) is 15.5. The van der Waals surface area contributed by atoms with Crippen LogP contribution in [-0.2, 0) is 13.1 Å². The van der Waals surface area contributed by atoms with E-state index in [0.717, 1.165) is 22.3 Å². The highest BCUT2D eigenvalue weighted by molar-refractivity contribution is 6.08. The van der Waals surface area contributed by atoms with Crippen molar-refractivity contribution in [3.8, 4) is 23.0 Å². The standard InChI is InChI=1S/2C19H19NO4/c1-11(2)18-17(19(23)24)15-9-14(22)7-8-16(15)20(18)10-12-3-5-13(21)6-4-12;1-11(2)18-17(19(23)24)16-14(4-3-5-15(16)22)20(18)10-12-6-8-13(21)9-7-12/h2*3-9,11,21-22H,10H2,1-2H3,(H,23,24). The molecule has 0 fully saturated rings. The molecule has 48 heavy (non-hydrogen) atoms. The van der Waals surface area contributed by atoms with Crippen molar-refractivity contribution in [3.63, 3.8) is 0 Å². The van der Waals surface area contributed by atoms with Crippen LogP contribution in [0.2, 0.25) is 0 Å². The fraction of sp³-hybridized carbons (Fsp3) is 0.211. The molecule has 0 atom stereocenters. The number of fused-ring (bicyclic) bond motifs is 2. The molecule has 6 aromatic rings. The predicted octanol–water partition coefficient (Wildman–Crippen LogP) is 7.84. The van der Waals surface area contributed by atoms with Crippen molar-refractivity contribution in [3.05, 3.63) is 119 Å². The molecular weight excluding hydrogens is 612 g/mol. The summed E-state index contributed by atoms with van der Waals surface area (Å²) in [5.41, 5.74) is 5.12. The quantitative estimate of drug-likeness (QED) is 0.0969. The van der Waals surface area contributed by atoms with Crippen molar-refractivity contribution in [2.75, 3.05) is 0 Å². The van der Waals surface area contributed by atoms with E-state index in [1.54, 1.807) is 54.6 Å². The van der Waals surface area contributed by atoms with Crippen LogP contribution in [-0.4, -0.2) is 51.7 Å². The summed E-state index contributed by atoms with van der Waals surface area (Å²) in [5, 5.41) is 59.1. The smallest absolute Gasteiger partial charge is 0.338 e. The third-order valence-electron chi connectivity index (χ3n) is 8.27. The minimum absolute atomic E-state index is 0.00255. The number of phenols is 4. The second kappa shape index (κ2) is 13.4. The second-order valence-electron chi connectivity index (χ2n) is 12.3. The highest BCUT2D eigenvalue weighted by Crippen LogP contribution is 2.37. The van der Waals surface area contributed by atoms with Gasteiger partial charge in [-0.1, -0.05) is 58.0 Å². The normalized spacial score (nSPS) is 11.3. The van der Waals surface area contributed by atoms with Gasteiger partial charge in [-0.2, -0.15) is 0 Å². The maximum Gasteiger partial charge on any atom is 0.338 e. The number of aromatic nitrogens is 2. The van der Waals surface area contributed by atoms with Crippen molar-refractivity contribution >= 4 is 33.7 Å². The van der Waals surface area contributed by atoms with Crippen LogP contribution in [0.1, 0.15) is 82.8 Å². The summed E-state index contributed by atoms with van der Waals surface area (Å²) in [6.45, 7) is 8.72. The van der Waals surface area contributed by atoms with Crippen molar-refractivity contribution in [1.29, 1.82) is 0 Å². The number of hydrogen-bond donors (Lipinski definition) is 6.